The summed E-state index contributed by atoms with van der Waals surface area (Å²) in [4.78, 5) is 55.3. The molecule has 41 heavy (non-hydrogen) atoms. The van der Waals surface area contributed by atoms with Gasteiger partial charge in [0.05, 0.1) is 35.9 Å². The molecular weight excluding hydrogens is 536 g/mol. The van der Waals surface area contributed by atoms with E-state index in [0.29, 0.717) is 5.56 Å². The Balaban J connectivity index is 1.64. The van der Waals surface area contributed by atoms with E-state index in [2.05, 4.69) is 5.32 Å². The lowest BCUT2D eigenvalue weighted by molar-refractivity contribution is -0.169. The second-order valence-electron chi connectivity index (χ2n) is 11.5. The molecule has 1 heterocycles. The summed E-state index contributed by atoms with van der Waals surface area (Å²) in [5.74, 6) is -10.1. The highest BCUT2D eigenvalue weighted by molar-refractivity contribution is 6.24. The van der Waals surface area contributed by atoms with Crippen molar-refractivity contribution < 1.29 is 44.7 Å². The number of nitrogens with one attached hydrogen (secondary N) is 1. The van der Waals surface area contributed by atoms with E-state index in [1.807, 2.05) is 4.90 Å². The molecule has 1 aromatic carbocycles. The highest BCUT2D eigenvalue weighted by Gasteiger charge is 2.68. The van der Waals surface area contributed by atoms with Crippen molar-refractivity contribution in [1.29, 1.82) is 0 Å². The first-order valence-corrected chi connectivity index (χ1v) is 13.4. The number of anilines is 1. The molecule has 2 amide bonds. The Bertz CT molecular complexity index is 1430. The van der Waals surface area contributed by atoms with Gasteiger partial charge in [-0.2, -0.15) is 0 Å². The maximum Gasteiger partial charge on any atom is 0.255 e. The van der Waals surface area contributed by atoms with Gasteiger partial charge in [-0.25, -0.2) is 0 Å². The van der Waals surface area contributed by atoms with Gasteiger partial charge >= 0.3 is 0 Å². The maximum atomic E-state index is 14.0. The molecule has 1 aliphatic heterocycles. The monoisotopic (exact) mass is 570 g/mol. The van der Waals surface area contributed by atoms with Crippen molar-refractivity contribution in [2.75, 3.05) is 39.0 Å². The summed E-state index contributed by atoms with van der Waals surface area (Å²) in [6.45, 7) is 3.31. The van der Waals surface area contributed by atoms with E-state index in [-0.39, 0.29) is 23.7 Å². The Morgan fingerprint density at radius 3 is 2.37 bits per heavy atom. The van der Waals surface area contributed by atoms with E-state index >= 15 is 0 Å². The Morgan fingerprint density at radius 1 is 1.15 bits per heavy atom. The van der Waals surface area contributed by atoms with Gasteiger partial charge in [0, 0.05) is 11.5 Å². The minimum absolute atomic E-state index is 0.0131. The maximum absolute atomic E-state index is 14.0. The first-order valence-electron chi connectivity index (χ1n) is 13.4. The summed E-state index contributed by atoms with van der Waals surface area (Å²) in [7, 11) is 2.89. The second kappa shape index (κ2) is 9.94. The predicted molar refractivity (Wildman–Crippen MR) is 145 cm³/mol. The van der Waals surface area contributed by atoms with Crippen molar-refractivity contribution in [3.63, 3.8) is 0 Å². The van der Waals surface area contributed by atoms with Crippen LogP contribution in [0, 0.1) is 11.8 Å². The van der Waals surface area contributed by atoms with Gasteiger partial charge in [-0.1, -0.05) is 13.0 Å². The number of carbonyl (C=O) groups is 4. The Hall–Kier alpha value is -3.78. The number of phenolic OH excluding ortho intramolecular Hbond substituents is 1. The topological polar surface area (TPSA) is 214 Å². The molecule has 0 radical (unpaired) electrons. The van der Waals surface area contributed by atoms with Crippen molar-refractivity contribution in [2.24, 2.45) is 17.6 Å². The van der Waals surface area contributed by atoms with Crippen LogP contribution in [0.4, 0.5) is 5.69 Å². The number of phenols is 1. The lowest BCUT2D eigenvalue weighted by atomic mass is 9.54. The zero-order chi connectivity index (χ0) is 30.1. The third-order valence-corrected chi connectivity index (χ3v) is 8.97. The number of aliphatic hydroxyl groups excluding tert-OH is 3. The highest BCUT2D eigenvalue weighted by Crippen LogP contribution is 2.56. The van der Waals surface area contributed by atoms with E-state index in [9.17, 15) is 44.7 Å². The van der Waals surface area contributed by atoms with Crippen LogP contribution < -0.4 is 11.1 Å². The fourth-order valence-corrected chi connectivity index (χ4v) is 7.05. The lowest BCUT2D eigenvalue weighted by Crippen LogP contribution is -2.70. The number of carbonyl (C=O) groups excluding carboxylic acids is 4. The normalized spacial score (nSPS) is 31.7. The molecule has 0 aromatic heterocycles. The summed E-state index contributed by atoms with van der Waals surface area (Å²) in [5, 5.41) is 59.5. The zero-order valence-corrected chi connectivity index (χ0v) is 22.9. The van der Waals surface area contributed by atoms with Crippen LogP contribution in [0.25, 0.3) is 5.76 Å². The number of ketones is 2. The molecule has 3 aliphatic carbocycles. The number of rotatable bonds is 5. The van der Waals surface area contributed by atoms with Gasteiger partial charge in [-0.15, -0.1) is 0 Å². The number of amides is 2. The Morgan fingerprint density at radius 2 is 1.78 bits per heavy atom. The van der Waals surface area contributed by atoms with Crippen LogP contribution in [0.15, 0.2) is 29.0 Å². The number of fused-ring (bicyclic) bond motifs is 3. The number of hydrogen-bond donors (Lipinski definition) is 7. The van der Waals surface area contributed by atoms with Crippen LogP contribution in [0.2, 0.25) is 0 Å². The van der Waals surface area contributed by atoms with Crippen molar-refractivity contribution in [3.8, 4) is 5.75 Å². The van der Waals surface area contributed by atoms with Crippen LogP contribution in [-0.2, 0) is 19.2 Å². The van der Waals surface area contributed by atoms with Crippen LogP contribution in [0.3, 0.4) is 0 Å². The molecule has 1 saturated carbocycles. The van der Waals surface area contributed by atoms with E-state index in [1.165, 1.54) is 25.1 Å². The average Bonchev–Trinajstić information content (AvgIpc) is 3.40. The minimum Gasteiger partial charge on any atom is -0.508 e. The van der Waals surface area contributed by atoms with Gasteiger partial charge < -0.3 is 36.6 Å². The fourth-order valence-electron chi connectivity index (χ4n) is 7.05. The zero-order valence-electron chi connectivity index (χ0n) is 22.9. The Kier molecular flexibility index (Phi) is 6.97. The number of aromatic hydroxyl groups is 1. The molecule has 4 aliphatic rings. The number of nitrogens with zero attached hydrogens (tertiary/aromatic N) is 2. The van der Waals surface area contributed by atoms with E-state index in [0.717, 1.165) is 25.9 Å². The molecule has 13 nitrogen and oxygen atoms in total. The average molecular weight is 571 g/mol. The van der Waals surface area contributed by atoms with Crippen molar-refractivity contribution in [3.05, 3.63) is 40.2 Å². The number of Topliss-reactive ketones (excluding diaryl/α,β-unsaturated/α-hetero) is 2. The van der Waals surface area contributed by atoms with Crippen LogP contribution in [0.1, 0.15) is 36.8 Å². The molecule has 0 bridgehead atoms. The minimum atomic E-state index is -2.99. The van der Waals surface area contributed by atoms with Crippen molar-refractivity contribution >= 4 is 34.8 Å². The second-order valence-corrected chi connectivity index (χ2v) is 11.5. The third-order valence-electron chi connectivity index (χ3n) is 8.97. The predicted octanol–water partition coefficient (Wildman–Crippen LogP) is -0.470. The van der Waals surface area contributed by atoms with Gasteiger partial charge in [-0.3, -0.25) is 29.0 Å². The highest BCUT2D eigenvalue weighted by atomic mass is 16.4. The van der Waals surface area contributed by atoms with Gasteiger partial charge in [0.15, 0.2) is 11.4 Å². The fraction of sp³-hybridized carbons (Fsp3) is 0.500. The number of benzene rings is 1. The van der Waals surface area contributed by atoms with Gasteiger partial charge in [0.1, 0.15) is 22.8 Å². The van der Waals surface area contributed by atoms with Gasteiger partial charge in [0.25, 0.3) is 5.91 Å². The molecule has 2 fully saturated rings. The number of nitrogens with two attached hydrogens (primary N) is 1. The van der Waals surface area contributed by atoms with Crippen molar-refractivity contribution in [1.82, 2.24) is 9.80 Å². The van der Waals surface area contributed by atoms with E-state index < -0.39 is 81.4 Å². The first-order chi connectivity index (χ1) is 19.2. The molecule has 0 spiro atoms. The van der Waals surface area contributed by atoms with Crippen LogP contribution in [-0.4, -0.2) is 110 Å². The number of primary amides is 1. The van der Waals surface area contributed by atoms with Crippen LogP contribution in [0.5, 0.6) is 5.75 Å². The standard InChI is InChI=1S/C28H34N4O9/c1-11-12-6-7-13(30-14(33)10-32-8-4-5-9-32)21(34)16(12)22(35)17-15(11)23(36)19-20(31(2)3)24(37)18(27(29)40)26(39)28(19,41)25(17)38/h6-7,11,15,19-20,23,34-36,39,41H,4-5,8-10H2,1-3H3,(H2,29,40)(H,30,33)/t11-,15?,19+,20-,23-,28-/m0/s1. The molecule has 1 aromatic rings. The molecule has 220 valence electrons. The molecule has 8 N–H and O–H groups in total. The molecule has 6 atom stereocenters. The van der Waals surface area contributed by atoms with Crippen LogP contribution >= 0.6 is 0 Å². The van der Waals surface area contributed by atoms with Crippen molar-refractivity contribution in [2.45, 2.75) is 43.4 Å². The largest absolute Gasteiger partial charge is 0.508 e. The first kappa shape index (κ1) is 28.7. The third kappa shape index (κ3) is 4.06. The van der Waals surface area contributed by atoms with Gasteiger partial charge in [-0.05, 0) is 57.6 Å². The molecular formula is C28H34N4O9. The quantitative estimate of drug-likeness (QED) is 0.177. The number of aliphatic hydroxyl groups is 4. The molecule has 1 saturated heterocycles. The van der Waals surface area contributed by atoms with Gasteiger partial charge in [0.2, 0.25) is 11.7 Å². The SMILES string of the molecule is C[C@H]1c2ccc(NC(=O)CN3CCCC3)c(O)c2C(O)=C2C(=O)[C@]3(O)C(O)=C(C(N)=O)C(=O)[C@@H](N(C)C)[C@@H]3[C@@H](O)C21. The molecule has 13 heteroatoms. The summed E-state index contributed by atoms with van der Waals surface area (Å²) >= 11 is 0. The summed E-state index contributed by atoms with van der Waals surface area (Å²) in [5.41, 5.74) is 1.04. The number of hydrogen-bond acceptors (Lipinski definition) is 11. The number of likely N-dealkylation sites (tertiary alicyclic amines) is 1. The lowest BCUT2D eigenvalue weighted by Gasteiger charge is -2.53. The smallest absolute Gasteiger partial charge is 0.255 e. The summed E-state index contributed by atoms with van der Waals surface area (Å²) in [6.07, 6.45) is 0.299. The summed E-state index contributed by atoms with van der Waals surface area (Å²) in [6, 6.07) is 1.59. The van der Waals surface area contributed by atoms with E-state index in [1.54, 1.807) is 13.0 Å². The van der Waals surface area contributed by atoms with E-state index in [4.69, 9.17) is 5.73 Å². The Labute approximate surface area is 235 Å². The summed E-state index contributed by atoms with van der Waals surface area (Å²) < 4.78 is 0. The molecule has 1 unspecified atom stereocenters. The molecule has 5 rings (SSSR count). The number of likely N-dealkylation sites (N-methyl/N-ethyl adjacent to an activating group) is 1.